The Morgan fingerprint density at radius 3 is 2.76 bits per heavy atom. The van der Waals surface area contributed by atoms with E-state index in [4.69, 9.17) is 11.6 Å². The molecule has 2 aromatic rings. The summed E-state index contributed by atoms with van der Waals surface area (Å²) in [6.45, 7) is 0. The van der Waals surface area contributed by atoms with Crippen LogP contribution in [0.1, 0.15) is 10.5 Å². The van der Waals surface area contributed by atoms with Gasteiger partial charge in [0, 0.05) is 10.2 Å². The lowest BCUT2D eigenvalue weighted by Gasteiger charge is -2.04. The minimum Gasteiger partial charge on any atom is -0.321 e. The standard InChI is InChI=1S/C11H7BrClN3O/c12-7-2-1-3-8(4-7)16-11(17)9-5-15-10(13)6-14-9/h1-6H,(H,16,17). The van der Waals surface area contributed by atoms with Crippen LogP contribution in [0.3, 0.4) is 0 Å². The Morgan fingerprint density at radius 2 is 2.12 bits per heavy atom. The zero-order valence-corrected chi connectivity index (χ0v) is 10.9. The molecule has 0 aliphatic carbocycles. The predicted molar refractivity (Wildman–Crippen MR) is 69.1 cm³/mol. The maximum Gasteiger partial charge on any atom is 0.275 e. The van der Waals surface area contributed by atoms with Crippen molar-refractivity contribution in [2.24, 2.45) is 0 Å². The van der Waals surface area contributed by atoms with Gasteiger partial charge in [-0.15, -0.1) is 0 Å². The first-order chi connectivity index (χ1) is 8.15. The van der Waals surface area contributed by atoms with E-state index in [1.54, 1.807) is 12.1 Å². The first-order valence-corrected chi connectivity index (χ1v) is 5.87. The smallest absolute Gasteiger partial charge is 0.275 e. The van der Waals surface area contributed by atoms with Crippen molar-refractivity contribution in [2.75, 3.05) is 5.32 Å². The Balaban J connectivity index is 2.14. The highest BCUT2D eigenvalue weighted by Crippen LogP contribution is 2.16. The summed E-state index contributed by atoms with van der Waals surface area (Å²) in [4.78, 5) is 19.4. The lowest BCUT2D eigenvalue weighted by atomic mass is 10.3. The van der Waals surface area contributed by atoms with Gasteiger partial charge in [0.05, 0.1) is 12.4 Å². The van der Waals surface area contributed by atoms with E-state index in [1.165, 1.54) is 12.4 Å². The Morgan fingerprint density at radius 1 is 1.29 bits per heavy atom. The molecule has 0 atom stereocenters. The molecule has 0 aliphatic rings. The van der Waals surface area contributed by atoms with Gasteiger partial charge in [0.15, 0.2) is 0 Å². The van der Waals surface area contributed by atoms with E-state index in [0.29, 0.717) is 5.69 Å². The molecule has 0 unspecified atom stereocenters. The molecule has 1 amide bonds. The van der Waals surface area contributed by atoms with Gasteiger partial charge in [0.2, 0.25) is 0 Å². The maximum atomic E-state index is 11.8. The van der Waals surface area contributed by atoms with Gasteiger partial charge in [-0.25, -0.2) is 9.97 Å². The average Bonchev–Trinajstić information content (AvgIpc) is 2.29. The Bertz CT molecular complexity index is 545. The second kappa shape index (κ2) is 5.25. The SMILES string of the molecule is O=C(Nc1cccc(Br)c1)c1cnc(Cl)cn1. The number of rotatable bonds is 2. The van der Waals surface area contributed by atoms with E-state index in [-0.39, 0.29) is 16.8 Å². The van der Waals surface area contributed by atoms with Crippen LogP contribution in [0.5, 0.6) is 0 Å². The van der Waals surface area contributed by atoms with Crippen LogP contribution < -0.4 is 5.32 Å². The van der Waals surface area contributed by atoms with Crippen LogP contribution >= 0.6 is 27.5 Å². The molecule has 1 heterocycles. The van der Waals surface area contributed by atoms with Crippen molar-refractivity contribution in [2.45, 2.75) is 0 Å². The molecular weight excluding hydrogens is 305 g/mol. The van der Waals surface area contributed by atoms with Crippen molar-refractivity contribution in [1.29, 1.82) is 0 Å². The molecule has 0 saturated carbocycles. The summed E-state index contributed by atoms with van der Waals surface area (Å²) in [5, 5.41) is 2.96. The second-order valence-corrected chi connectivity index (χ2v) is 4.49. The molecule has 0 saturated heterocycles. The van der Waals surface area contributed by atoms with E-state index in [0.717, 1.165) is 4.47 Å². The first-order valence-electron chi connectivity index (χ1n) is 4.69. The van der Waals surface area contributed by atoms with Crippen molar-refractivity contribution in [3.05, 3.63) is 52.0 Å². The quantitative estimate of drug-likeness (QED) is 0.927. The summed E-state index contributed by atoms with van der Waals surface area (Å²) < 4.78 is 0.887. The van der Waals surface area contributed by atoms with Crippen LogP contribution in [0, 0.1) is 0 Å². The highest BCUT2D eigenvalue weighted by Gasteiger charge is 2.08. The van der Waals surface area contributed by atoms with E-state index in [1.807, 2.05) is 12.1 Å². The lowest BCUT2D eigenvalue weighted by molar-refractivity contribution is 0.102. The molecule has 6 heteroatoms. The maximum absolute atomic E-state index is 11.8. The highest BCUT2D eigenvalue weighted by atomic mass is 79.9. The Labute approximate surface area is 111 Å². The monoisotopic (exact) mass is 311 g/mol. The number of aromatic nitrogens is 2. The number of halogens is 2. The summed E-state index contributed by atoms with van der Waals surface area (Å²) in [7, 11) is 0. The summed E-state index contributed by atoms with van der Waals surface area (Å²) in [6.07, 6.45) is 2.66. The van der Waals surface area contributed by atoms with E-state index in [2.05, 4.69) is 31.2 Å². The molecule has 0 fully saturated rings. The van der Waals surface area contributed by atoms with Crippen molar-refractivity contribution in [3.8, 4) is 0 Å². The number of benzene rings is 1. The number of nitrogens with zero attached hydrogens (tertiary/aromatic N) is 2. The van der Waals surface area contributed by atoms with Crippen LogP contribution in [-0.4, -0.2) is 15.9 Å². The number of carbonyl (C=O) groups is 1. The van der Waals surface area contributed by atoms with Gasteiger partial charge in [0.1, 0.15) is 10.8 Å². The highest BCUT2D eigenvalue weighted by molar-refractivity contribution is 9.10. The molecule has 17 heavy (non-hydrogen) atoms. The second-order valence-electron chi connectivity index (χ2n) is 3.19. The number of hydrogen-bond acceptors (Lipinski definition) is 3. The Kier molecular flexibility index (Phi) is 3.71. The molecule has 0 radical (unpaired) electrons. The summed E-state index contributed by atoms with van der Waals surface area (Å²) in [5.74, 6) is -0.327. The minimum atomic E-state index is -0.327. The van der Waals surface area contributed by atoms with Gasteiger partial charge in [-0.2, -0.15) is 0 Å². The molecule has 0 aliphatic heterocycles. The zero-order chi connectivity index (χ0) is 12.3. The molecule has 2 rings (SSSR count). The molecule has 1 aromatic carbocycles. The van der Waals surface area contributed by atoms with Gasteiger partial charge in [0.25, 0.3) is 5.91 Å². The fourth-order valence-corrected chi connectivity index (χ4v) is 1.69. The third kappa shape index (κ3) is 3.25. The third-order valence-electron chi connectivity index (χ3n) is 1.94. The van der Waals surface area contributed by atoms with Crippen molar-refractivity contribution in [3.63, 3.8) is 0 Å². The van der Waals surface area contributed by atoms with Crippen molar-refractivity contribution >= 4 is 39.1 Å². The minimum absolute atomic E-state index is 0.217. The van der Waals surface area contributed by atoms with Gasteiger partial charge in [-0.1, -0.05) is 33.6 Å². The molecule has 0 spiro atoms. The van der Waals surface area contributed by atoms with Crippen LogP contribution in [0.2, 0.25) is 5.15 Å². The molecule has 86 valence electrons. The number of hydrogen-bond donors (Lipinski definition) is 1. The number of anilines is 1. The van der Waals surface area contributed by atoms with E-state index < -0.39 is 0 Å². The summed E-state index contributed by atoms with van der Waals surface area (Å²) >= 11 is 8.91. The van der Waals surface area contributed by atoms with Crippen LogP contribution in [0.25, 0.3) is 0 Å². The fourth-order valence-electron chi connectivity index (χ4n) is 1.19. The fraction of sp³-hybridized carbons (Fsp3) is 0. The summed E-state index contributed by atoms with van der Waals surface area (Å²) in [5.41, 5.74) is 0.899. The lowest BCUT2D eigenvalue weighted by Crippen LogP contribution is -2.13. The van der Waals surface area contributed by atoms with E-state index in [9.17, 15) is 4.79 Å². The molecule has 0 bridgehead atoms. The molecule has 1 N–H and O–H groups in total. The van der Waals surface area contributed by atoms with Gasteiger partial charge < -0.3 is 5.32 Å². The average molecular weight is 313 g/mol. The predicted octanol–water partition coefficient (Wildman–Crippen LogP) is 3.14. The van der Waals surface area contributed by atoms with Crippen molar-refractivity contribution < 1.29 is 4.79 Å². The largest absolute Gasteiger partial charge is 0.321 e. The molecule has 1 aromatic heterocycles. The third-order valence-corrected chi connectivity index (χ3v) is 2.62. The van der Waals surface area contributed by atoms with Crippen molar-refractivity contribution in [1.82, 2.24) is 9.97 Å². The zero-order valence-electron chi connectivity index (χ0n) is 8.52. The normalized spacial score (nSPS) is 10.0. The summed E-state index contributed by atoms with van der Waals surface area (Å²) in [6, 6.07) is 7.28. The van der Waals surface area contributed by atoms with Crippen LogP contribution in [-0.2, 0) is 0 Å². The Hall–Kier alpha value is -1.46. The number of amides is 1. The number of nitrogens with one attached hydrogen (secondary N) is 1. The van der Waals surface area contributed by atoms with Crippen LogP contribution in [0.15, 0.2) is 41.1 Å². The topological polar surface area (TPSA) is 54.9 Å². The van der Waals surface area contributed by atoms with Gasteiger partial charge in [-0.05, 0) is 18.2 Å². The van der Waals surface area contributed by atoms with Crippen LogP contribution in [0.4, 0.5) is 5.69 Å². The van der Waals surface area contributed by atoms with Gasteiger partial charge in [-0.3, -0.25) is 4.79 Å². The molecule has 4 nitrogen and oxygen atoms in total. The first kappa shape index (κ1) is 12.0. The number of carbonyl (C=O) groups excluding carboxylic acids is 1. The molecular formula is C11H7BrClN3O. The van der Waals surface area contributed by atoms with E-state index >= 15 is 0 Å². The van der Waals surface area contributed by atoms with Gasteiger partial charge >= 0.3 is 0 Å².